The van der Waals surface area contributed by atoms with Crippen LogP contribution >= 0.6 is 35.7 Å². The van der Waals surface area contributed by atoms with Gasteiger partial charge in [-0.15, -0.1) is 35.7 Å². The number of nitrogens with zero attached hydrogens (tertiary/aromatic N) is 1. The predicted molar refractivity (Wildman–Crippen MR) is 134 cm³/mol. The maximum atomic E-state index is 12.2. The fourth-order valence-electron chi connectivity index (χ4n) is 3.66. The minimum absolute atomic E-state index is 0. The van der Waals surface area contributed by atoms with Crippen LogP contribution in [0.25, 0.3) is 0 Å². The lowest BCUT2D eigenvalue weighted by Gasteiger charge is -2.30. The summed E-state index contributed by atoms with van der Waals surface area (Å²) in [5.41, 5.74) is 0. The van der Waals surface area contributed by atoms with E-state index in [0.29, 0.717) is 11.3 Å². The molecule has 0 heterocycles. The SMILES string of the molecule is CCNC(=NCC1(Sc2ccccc2)CC1)NC1CCCC(S(=O)CC)C1.I. The number of hydrogen-bond donors (Lipinski definition) is 2. The van der Waals surface area contributed by atoms with E-state index in [1.165, 1.54) is 17.7 Å². The predicted octanol–water partition coefficient (Wildman–Crippen LogP) is 4.56. The van der Waals surface area contributed by atoms with E-state index in [1.807, 2.05) is 18.7 Å². The molecule has 2 fully saturated rings. The van der Waals surface area contributed by atoms with Crippen LogP contribution in [0.3, 0.4) is 0 Å². The second kappa shape index (κ2) is 11.8. The van der Waals surface area contributed by atoms with Crippen molar-refractivity contribution in [2.75, 3.05) is 18.8 Å². The van der Waals surface area contributed by atoms with Crippen LogP contribution in [-0.2, 0) is 10.8 Å². The zero-order chi connectivity index (χ0) is 19.1. The Bertz CT molecular complexity index is 652. The molecular weight excluding hydrogens is 501 g/mol. The molecule has 2 aliphatic rings. The highest BCUT2D eigenvalue weighted by Gasteiger charge is 2.43. The van der Waals surface area contributed by atoms with Gasteiger partial charge in [-0.3, -0.25) is 9.20 Å². The van der Waals surface area contributed by atoms with Gasteiger partial charge in [0.25, 0.3) is 0 Å². The number of halogens is 1. The van der Waals surface area contributed by atoms with Gasteiger partial charge >= 0.3 is 0 Å². The Labute approximate surface area is 194 Å². The van der Waals surface area contributed by atoms with E-state index in [-0.39, 0.29) is 28.7 Å². The number of thioether (sulfide) groups is 1. The van der Waals surface area contributed by atoms with Crippen LogP contribution in [0.15, 0.2) is 40.2 Å². The molecule has 2 N–H and O–H groups in total. The summed E-state index contributed by atoms with van der Waals surface area (Å²) in [6.45, 7) is 5.84. The Balaban J connectivity index is 0.00000280. The summed E-state index contributed by atoms with van der Waals surface area (Å²) in [4.78, 5) is 6.26. The summed E-state index contributed by atoms with van der Waals surface area (Å²) in [6.07, 6.45) is 6.86. The highest BCUT2D eigenvalue weighted by atomic mass is 127. The molecule has 4 nitrogen and oxygen atoms in total. The van der Waals surface area contributed by atoms with Gasteiger partial charge in [0.2, 0.25) is 0 Å². The maximum absolute atomic E-state index is 12.2. The molecule has 1 aromatic carbocycles. The molecule has 0 aromatic heterocycles. The Morgan fingerprint density at radius 3 is 2.64 bits per heavy atom. The van der Waals surface area contributed by atoms with E-state index in [1.54, 1.807) is 0 Å². The normalized spacial score (nSPS) is 24.7. The largest absolute Gasteiger partial charge is 0.357 e. The maximum Gasteiger partial charge on any atom is 0.191 e. The third kappa shape index (κ3) is 7.20. The topological polar surface area (TPSA) is 53.5 Å². The van der Waals surface area contributed by atoms with Gasteiger partial charge in [0.15, 0.2) is 5.96 Å². The summed E-state index contributed by atoms with van der Waals surface area (Å²) in [5, 5.41) is 7.37. The molecule has 158 valence electrons. The number of hydrogen-bond acceptors (Lipinski definition) is 3. The van der Waals surface area contributed by atoms with Gasteiger partial charge in [0, 0.05) is 44.0 Å². The molecule has 28 heavy (non-hydrogen) atoms. The first-order chi connectivity index (χ1) is 13.1. The van der Waals surface area contributed by atoms with Crippen molar-refractivity contribution < 1.29 is 4.21 Å². The third-order valence-electron chi connectivity index (χ3n) is 5.38. The van der Waals surface area contributed by atoms with Gasteiger partial charge < -0.3 is 10.6 Å². The first-order valence-electron chi connectivity index (χ1n) is 10.3. The number of aliphatic imine (C=N–C) groups is 1. The monoisotopic (exact) mass is 535 g/mol. The van der Waals surface area contributed by atoms with E-state index in [9.17, 15) is 4.21 Å². The molecule has 1 aromatic rings. The minimum atomic E-state index is -0.687. The van der Waals surface area contributed by atoms with Gasteiger partial charge in [-0.25, -0.2) is 0 Å². The lowest BCUT2D eigenvalue weighted by atomic mass is 9.95. The number of benzene rings is 1. The number of guanidine groups is 1. The lowest BCUT2D eigenvalue weighted by Crippen LogP contribution is -2.47. The van der Waals surface area contributed by atoms with E-state index < -0.39 is 10.8 Å². The average molecular weight is 536 g/mol. The zero-order valence-corrected chi connectivity index (χ0v) is 20.9. The van der Waals surface area contributed by atoms with Crippen LogP contribution in [-0.4, -0.2) is 45.0 Å². The fraction of sp³-hybridized carbons (Fsp3) is 0.667. The van der Waals surface area contributed by atoms with E-state index in [0.717, 1.165) is 50.5 Å². The molecule has 0 bridgehead atoms. The van der Waals surface area contributed by atoms with Gasteiger partial charge in [-0.05, 0) is 51.2 Å². The summed E-state index contributed by atoms with van der Waals surface area (Å²) >= 11 is 1.97. The Hall–Kier alpha value is -0.280. The standard InChI is InChI=1S/C21H33N3OS2.HI/c1-3-22-20(24-17-9-8-12-19(15-17)27(25)4-2)23-16-21(13-14-21)26-18-10-6-5-7-11-18;/h5-7,10-11,17,19H,3-4,8-9,12-16H2,1-2H3,(H2,22,23,24);1H. The summed E-state index contributed by atoms with van der Waals surface area (Å²) < 4.78 is 12.5. The Kier molecular flexibility index (Phi) is 10.1. The lowest BCUT2D eigenvalue weighted by molar-refractivity contribution is 0.413. The van der Waals surface area contributed by atoms with Crippen LogP contribution in [0.2, 0.25) is 0 Å². The molecule has 3 unspecified atom stereocenters. The van der Waals surface area contributed by atoms with Crippen molar-refractivity contribution in [2.45, 2.75) is 73.3 Å². The smallest absolute Gasteiger partial charge is 0.191 e. The molecule has 0 aliphatic heterocycles. The fourth-order valence-corrected chi connectivity index (χ4v) is 6.23. The highest BCUT2D eigenvalue weighted by molar-refractivity contribution is 14.0. The van der Waals surface area contributed by atoms with E-state index in [2.05, 4.69) is 47.9 Å². The molecule has 7 heteroatoms. The summed E-state index contributed by atoms with van der Waals surface area (Å²) in [6, 6.07) is 11.0. The van der Waals surface area contributed by atoms with Gasteiger partial charge in [0.05, 0.1) is 6.54 Å². The molecule has 0 spiro atoms. The average Bonchev–Trinajstić information content (AvgIpc) is 3.46. The Morgan fingerprint density at radius 2 is 2.00 bits per heavy atom. The molecule has 0 amide bonds. The van der Waals surface area contributed by atoms with Crippen molar-refractivity contribution in [3.63, 3.8) is 0 Å². The van der Waals surface area contributed by atoms with Crippen LogP contribution in [0.5, 0.6) is 0 Å². The van der Waals surface area contributed by atoms with Crippen molar-refractivity contribution in [1.29, 1.82) is 0 Å². The molecule has 2 aliphatic carbocycles. The van der Waals surface area contributed by atoms with Crippen molar-refractivity contribution >= 4 is 52.5 Å². The quantitative estimate of drug-likeness (QED) is 0.291. The molecule has 0 saturated heterocycles. The summed E-state index contributed by atoms with van der Waals surface area (Å²) in [5.74, 6) is 1.69. The second-order valence-corrected chi connectivity index (χ2v) is 11.1. The first-order valence-corrected chi connectivity index (χ1v) is 12.5. The van der Waals surface area contributed by atoms with Crippen molar-refractivity contribution in [1.82, 2.24) is 10.6 Å². The molecule has 3 rings (SSSR count). The number of nitrogens with one attached hydrogen (secondary N) is 2. The van der Waals surface area contributed by atoms with Gasteiger partial charge in [-0.1, -0.05) is 31.5 Å². The molecule has 0 radical (unpaired) electrons. The van der Waals surface area contributed by atoms with Crippen LogP contribution in [0.1, 0.15) is 52.4 Å². The highest BCUT2D eigenvalue weighted by Crippen LogP contribution is 2.51. The van der Waals surface area contributed by atoms with E-state index in [4.69, 9.17) is 4.99 Å². The van der Waals surface area contributed by atoms with Crippen LogP contribution < -0.4 is 10.6 Å². The van der Waals surface area contributed by atoms with Gasteiger partial charge in [-0.2, -0.15) is 0 Å². The first kappa shape index (κ1) is 24.0. The minimum Gasteiger partial charge on any atom is -0.357 e. The second-order valence-electron chi connectivity index (χ2n) is 7.59. The van der Waals surface area contributed by atoms with Crippen molar-refractivity contribution in [3.8, 4) is 0 Å². The molecule has 2 saturated carbocycles. The van der Waals surface area contributed by atoms with Gasteiger partial charge in [0.1, 0.15) is 0 Å². The van der Waals surface area contributed by atoms with Crippen LogP contribution in [0.4, 0.5) is 0 Å². The molecule has 3 atom stereocenters. The van der Waals surface area contributed by atoms with Crippen molar-refractivity contribution in [3.05, 3.63) is 30.3 Å². The Morgan fingerprint density at radius 1 is 1.25 bits per heavy atom. The van der Waals surface area contributed by atoms with Crippen molar-refractivity contribution in [2.24, 2.45) is 4.99 Å². The van der Waals surface area contributed by atoms with E-state index >= 15 is 0 Å². The zero-order valence-electron chi connectivity index (χ0n) is 17.0. The van der Waals surface area contributed by atoms with Crippen LogP contribution in [0, 0.1) is 0 Å². The summed E-state index contributed by atoms with van der Waals surface area (Å²) in [7, 11) is -0.687. The third-order valence-corrected chi connectivity index (χ3v) is 8.60. The number of rotatable bonds is 8. The molecular formula is C21H34IN3OS2.